The van der Waals surface area contributed by atoms with Crippen molar-refractivity contribution in [1.29, 1.82) is 0 Å². The highest BCUT2D eigenvalue weighted by atomic mass is 16.5. The van der Waals surface area contributed by atoms with Crippen LogP contribution in [0.4, 0.5) is 0 Å². The summed E-state index contributed by atoms with van der Waals surface area (Å²) in [6, 6.07) is 7.18. The van der Waals surface area contributed by atoms with Crippen molar-refractivity contribution in [3.8, 4) is 5.75 Å². The minimum absolute atomic E-state index is 0.299. The first-order valence-corrected chi connectivity index (χ1v) is 6.90. The lowest BCUT2D eigenvalue weighted by Gasteiger charge is -2.22. The third-order valence-corrected chi connectivity index (χ3v) is 3.23. The molecule has 1 saturated heterocycles. The van der Waals surface area contributed by atoms with E-state index in [-0.39, 0.29) is 5.97 Å². The first-order chi connectivity index (χ1) is 9.29. The summed E-state index contributed by atoms with van der Waals surface area (Å²) in [4.78, 5) is 11.6. The van der Waals surface area contributed by atoms with E-state index in [4.69, 9.17) is 9.47 Å². The van der Waals surface area contributed by atoms with Crippen molar-refractivity contribution in [3.05, 3.63) is 29.8 Å². The van der Waals surface area contributed by atoms with Crippen LogP contribution in [0, 0.1) is 5.92 Å². The molecule has 0 aliphatic carbocycles. The van der Waals surface area contributed by atoms with Gasteiger partial charge in [0.1, 0.15) is 5.75 Å². The molecule has 1 N–H and O–H groups in total. The average Bonchev–Trinajstić information content (AvgIpc) is 2.47. The second-order valence-corrected chi connectivity index (χ2v) is 4.77. The van der Waals surface area contributed by atoms with Crippen molar-refractivity contribution < 1.29 is 14.3 Å². The molecule has 0 bridgehead atoms. The van der Waals surface area contributed by atoms with Crippen LogP contribution < -0.4 is 10.1 Å². The molecule has 2 rings (SSSR count). The number of carbonyl (C=O) groups excluding carboxylic acids is 1. The predicted molar refractivity (Wildman–Crippen MR) is 73.5 cm³/mol. The second kappa shape index (κ2) is 7.14. The van der Waals surface area contributed by atoms with Crippen LogP contribution in [0.15, 0.2) is 24.3 Å². The Bertz CT molecular complexity index is 414. The fourth-order valence-electron chi connectivity index (χ4n) is 2.21. The van der Waals surface area contributed by atoms with Gasteiger partial charge in [0.25, 0.3) is 0 Å². The summed E-state index contributed by atoms with van der Waals surface area (Å²) in [6.07, 6.45) is 2.40. The van der Waals surface area contributed by atoms with Gasteiger partial charge in [0.2, 0.25) is 0 Å². The van der Waals surface area contributed by atoms with Crippen LogP contribution in [-0.4, -0.2) is 32.3 Å². The van der Waals surface area contributed by atoms with E-state index in [0.29, 0.717) is 24.7 Å². The Morgan fingerprint density at radius 2 is 2.37 bits per heavy atom. The molecule has 0 amide bonds. The summed E-state index contributed by atoms with van der Waals surface area (Å²) in [6.45, 7) is 5.00. The number of nitrogens with one attached hydrogen (secondary N) is 1. The van der Waals surface area contributed by atoms with Crippen LogP contribution in [-0.2, 0) is 4.74 Å². The van der Waals surface area contributed by atoms with E-state index in [2.05, 4.69) is 5.32 Å². The number of piperidine rings is 1. The van der Waals surface area contributed by atoms with Gasteiger partial charge in [0, 0.05) is 12.5 Å². The minimum Gasteiger partial charge on any atom is -0.493 e. The van der Waals surface area contributed by atoms with E-state index >= 15 is 0 Å². The molecule has 4 heteroatoms. The Morgan fingerprint density at radius 3 is 3.11 bits per heavy atom. The molecule has 1 aliphatic rings. The van der Waals surface area contributed by atoms with Gasteiger partial charge in [-0.1, -0.05) is 6.07 Å². The molecule has 1 heterocycles. The van der Waals surface area contributed by atoms with Gasteiger partial charge in [-0.05, 0) is 44.5 Å². The van der Waals surface area contributed by atoms with Crippen LogP contribution >= 0.6 is 0 Å². The largest absolute Gasteiger partial charge is 0.493 e. The molecule has 0 spiro atoms. The van der Waals surface area contributed by atoms with E-state index in [1.54, 1.807) is 19.1 Å². The number of ether oxygens (including phenoxy) is 2. The van der Waals surface area contributed by atoms with Gasteiger partial charge in [-0.25, -0.2) is 4.79 Å². The van der Waals surface area contributed by atoms with E-state index in [1.165, 1.54) is 12.8 Å². The summed E-state index contributed by atoms with van der Waals surface area (Å²) in [5, 5.41) is 3.36. The van der Waals surface area contributed by atoms with Gasteiger partial charge in [0.15, 0.2) is 0 Å². The maximum absolute atomic E-state index is 11.6. The SMILES string of the molecule is CCOC(=O)c1cccc(OC[C@@H]2CCCNC2)c1. The molecule has 0 saturated carbocycles. The summed E-state index contributed by atoms with van der Waals surface area (Å²) in [7, 11) is 0. The zero-order valence-electron chi connectivity index (χ0n) is 11.4. The van der Waals surface area contributed by atoms with E-state index in [0.717, 1.165) is 18.8 Å². The lowest BCUT2D eigenvalue weighted by molar-refractivity contribution is 0.0525. The normalized spacial score (nSPS) is 18.9. The van der Waals surface area contributed by atoms with Crippen LogP contribution in [0.3, 0.4) is 0 Å². The van der Waals surface area contributed by atoms with Crippen molar-refractivity contribution in [1.82, 2.24) is 5.32 Å². The van der Waals surface area contributed by atoms with E-state index < -0.39 is 0 Å². The summed E-state index contributed by atoms with van der Waals surface area (Å²) >= 11 is 0. The highest BCUT2D eigenvalue weighted by Gasteiger charge is 2.14. The Hall–Kier alpha value is -1.55. The highest BCUT2D eigenvalue weighted by molar-refractivity contribution is 5.89. The lowest BCUT2D eigenvalue weighted by atomic mass is 10.0. The monoisotopic (exact) mass is 263 g/mol. The van der Waals surface area contributed by atoms with E-state index in [9.17, 15) is 4.79 Å². The molecule has 1 aromatic carbocycles. The molecule has 1 aliphatic heterocycles. The third kappa shape index (κ3) is 4.24. The van der Waals surface area contributed by atoms with Crippen molar-refractivity contribution in [2.75, 3.05) is 26.3 Å². The maximum Gasteiger partial charge on any atom is 0.338 e. The molecule has 0 radical (unpaired) electrons. The molecule has 1 aromatic rings. The second-order valence-electron chi connectivity index (χ2n) is 4.77. The predicted octanol–water partition coefficient (Wildman–Crippen LogP) is 2.24. The molecule has 1 fully saturated rings. The average molecular weight is 263 g/mol. The number of hydrogen-bond acceptors (Lipinski definition) is 4. The number of benzene rings is 1. The molecule has 0 aromatic heterocycles. The zero-order valence-corrected chi connectivity index (χ0v) is 11.4. The number of rotatable bonds is 5. The Morgan fingerprint density at radius 1 is 1.47 bits per heavy atom. The molecule has 4 nitrogen and oxygen atoms in total. The number of esters is 1. The Balaban J connectivity index is 1.89. The highest BCUT2D eigenvalue weighted by Crippen LogP contribution is 2.17. The van der Waals surface area contributed by atoms with Gasteiger partial charge in [0.05, 0.1) is 18.8 Å². The number of carbonyl (C=O) groups is 1. The summed E-state index contributed by atoms with van der Waals surface area (Å²) in [5.74, 6) is 0.989. The molecule has 104 valence electrons. The van der Waals surface area contributed by atoms with Crippen LogP contribution in [0.1, 0.15) is 30.1 Å². The molecule has 1 atom stereocenters. The first kappa shape index (κ1) is 13.9. The first-order valence-electron chi connectivity index (χ1n) is 6.90. The van der Waals surface area contributed by atoms with E-state index in [1.807, 2.05) is 12.1 Å². The van der Waals surface area contributed by atoms with Crippen molar-refractivity contribution >= 4 is 5.97 Å². The van der Waals surface area contributed by atoms with Gasteiger partial charge in [-0.2, -0.15) is 0 Å². The Kier molecular flexibility index (Phi) is 5.21. The lowest BCUT2D eigenvalue weighted by Crippen LogP contribution is -2.33. The van der Waals surface area contributed by atoms with Gasteiger partial charge in [-0.3, -0.25) is 0 Å². The maximum atomic E-state index is 11.6. The topological polar surface area (TPSA) is 47.6 Å². The van der Waals surface area contributed by atoms with Gasteiger partial charge >= 0.3 is 5.97 Å². The van der Waals surface area contributed by atoms with Gasteiger partial charge < -0.3 is 14.8 Å². The molecule has 19 heavy (non-hydrogen) atoms. The smallest absolute Gasteiger partial charge is 0.338 e. The zero-order chi connectivity index (χ0) is 13.5. The Labute approximate surface area is 114 Å². The molecule has 0 unspecified atom stereocenters. The molecular weight excluding hydrogens is 242 g/mol. The quantitative estimate of drug-likeness (QED) is 0.828. The fraction of sp³-hybridized carbons (Fsp3) is 0.533. The number of hydrogen-bond donors (Lipinski definition) is 1. The third-order valence-electron chi connectivity index (χ3n) is 3.23. The van der Waals surface area contributed by atoms with Crippen LogP contribution in [0.25, 0.3) is 0 Å². The van der Waals surface area contributed by atoms with Crippen LogP contribution in [0.5, 0.6) is 5.75 Å². The van der Waals surface area contributed by atoms with Crippen molar-refractivity contribution in [2.45, 2.75) is 19.8 Å². The fourth-order valence-corrected chi connectivity index (χ4v) is 2.21. The van der Waals surface area contributed by atoms with Gasteiger partial charge in [-0.15, -0.1) is 0 Å². The summed E-state index contributed by atoms with van der Waals surface area (Å²) in [5.41, 5.74) is 0.543. The molecular formula is C15H21NO3. The standard InChI is InChI=1S/C15H21NO3/c1-2-18-15(17)13-6-3-7-14(9-13)19-11-12-5-4-8-16-10-12/h3,6-7,9,12,16H,2,4-5,8,10-11H2,1H3/t12-/m1/s1. The van der Waals surface area contributed by atoms with Crippen LogP contribution in [0.2, 0.25) is 0 Å². The van der Waals surface area contributed by atoms with Crippen molar-refractivity contribution in [2.24, 2.45) is 5.92 Å². The summed E-state index contributed by atoms with van der Waals surface area (Å²) < 4.78 is 10.7. The minimum atomic E-state index is -0.299. The van der Waals surface area contributed by atoms with Crippen molar-refractivity contribution in [3.63, 3.8) is 0 Å².